The van der Waals surface area contributed by atoms with Crippen molar-refractivity contribution in [3.05, 3.63) is 34.9 Å². The molecule has 90 valence electrons. The van der Waals surface area contributed by atoms with Crippen molar-refractivity contribution in [2.75, 3.05) is 7.11 Å². The van der Waals surface area contributed by atoms with E-state index in [9.17, 15) is 4.39 Å². The van der Waals surface area contributed by atoms with E-state index >= 15 is 0 Å². The second-order valence-electron chi connectivity index (χ2n) is 3.20. The van der Waals surface area contributed by atoms with Crippen molar-refractivity contribution < 1.29 is 9.13 Å². The van der Waals surface area contributed by atoms with Gasteiger partial charge in [0.15, 0.2) is 16.7 Å². The molecule has 1 heterocycles. The molecule has 1 aromatic heterocycles. The summed E-state index contributed by atoms with van der Waals surface area (Å²) in [6, 6.07) is 3.14. The topological polar surface area (TPSA) is 39.9 Å². The van der Waals surface area contributed by atoms with Crippen molar-refractivity contribution >= 4 is 23.2 Å². The maximum absolute atomic E-state index is 13.9. The highest BCUT2D eigenvalue weighted by atomic mass is 35.5. The molecule has 0 fully saturated rings. The third-order valence-corrected chi connectivity index (χ3v) is 2.69. The van der Waals surface area contributed by atoms with Crippen LogP contribution in [0.5, 0.6) is 5.75 Å². The lowest BCUT2D eigenvalue weighted by Crippen LogP contribution is -2.03. The molecule has 0 aliphatic carbocycles. The lowest BCUT2D eigenvalue weighted by Gasteiger charge is -2.10. The summed E-state index contributed by atoms with van der Waals surface area (Å²) in [4.78, 5) is 0. The van der Waals surface area contributed by atoms with Gasteiger partial charge >= 0.3 is 0 Å². The van der Waals surface area contributed by atoms with Gasteiger partial charge in [0.2, 0.25) is 0 Å². The van der Waals surface area contributed by atoms with Gasteiger partial charge in [0.25, 0.3) is 0 Å². The van der Waals surface area contributed by atoms with Crippen molar-refractivity contribution in [1.29, 1.82) is 0 Å². The molecular formula is C10H8Cl2FN3O. The Labute approximate surface area is 107 Å². The number of alkyl halides is 1. The molecule has 0 bridgehead atoms. The van der Waals surface area contributed by atoms with Crippen molar-refractivity contribution in [3.63, 3.8) is 0 Å². The smallest absolute Gasteiger partial charge is 0.171 e. The maximum atomic E-state index is 13.9. The van der Waals surface area contributed by atoms with E-state index < -0.39 is 5.82 Å². The first-order chi connectivity index (χ1) is 8.17. The Balaban J connectivity index is 2.58. The highest BCUT2D eigenvalue weighted by Gasteiger charge is 2.15. The fraction of sp³-hybridized carbons (Fsp3) is 0.200. The summed E-state index contributed by atoms with van der Waals surface area (Å²) in [5.74, 6) is -0.377. The van der Waals surface area contributed by atoms with E-state index in [0.29, 0.717) is 5.69 Å². The lowest BCUT2D eigenvalue weighted by atomic mass is 10.1. The molecule has 0 N–H and O–H groups in total. The molecule has 2 aromatic rings. The third-order valence-electron chi connectivity index (χ3n) is 2.25. The van der Waals surface area contributed by atoms with Crippen LogP contribution >= 0.6 is 23.2 Å². The summed E-state index contributed by atoms with van der Waals surface area (Å²) in [7, 11) is 1.39. The zero-order chi connectivity index (χ0) is 12.4. The van der Waals surface area contributed by atoms with E-state index in [0.717, 1.165) is 0 Å². The van der Waals surface area contributed by atoms with E-state index in [4.69, 9.17) is 27.9 Å². The van der Waals surface area contributed by atoms with E-state index in [1.807, 2.05) is 0 Å². The number of rotatable bonds is 3. The highest BCUT2D eigenvalue weighted by molar-refractivity contribution is 6.29. The summed E-state index contributed by atoms with van der Waals surface area (Å²) in [5.41, 5.74) is 0.769. The summed E-state index contributed by atoms with van der Waals surface area (Å²) >= 11 is 11.4. The van der Waals surface area contributed by atoms with Crippen LogP contribution in [0.15, 0.2) is 18.3 Å². The second-order valence-corrected chi connectivity index (χ2v) is 3.85. The Morgan fingerprint density at radius 3 is 2.76 bits per heavy atom. The van der Waals surface area contributed by atoms with Gasteiger partial charge in [-0.05, 0) is 12.1 Å². The summed E-state index contributed by atoms with van der Waals surface area (Å²) in [6.07, 6.45) is 1.47. The minimum absolute atomic E-state index is 0.00412. The van der Waals surface area contributed by atoms with Crippen molar-refractivity contribution in [2.45, 2.75) is 5.88 Å². The number of hydrogen-bond donors (Lipinski definition) is 0. The van der Waals surface area contributed by atoms with E-state index in [-0.39, 0.29) is 22.3 Å². The summed E-state index contributed by atoms with van der Waals surface area (Å²) in [5, 5.41) is 7.61. The molecule has 0 spiro atoms. The van der Waals surface area contributed by atoms with Gasteiger partial charge < -0.3 is 4.74 Å². The number of benzene rings is 1. The van der Waals surface area contributed by atoms with Gasteiger partial charge in [-0.2, -0.15) is 0 Å². The Morgan fingerprint density at radius 1 is 1.47 bits per heavy atom. The van der Waals surface area contributed by atoms with Crippen LogP contribution in [-0.4, -0.2) is 22.1 Å². The molecule has 4 nitrogen and oxygen atoms in total. The van der Waals surface area contributed by atoms with Gasteiger partial charge in [-0.25, -0.2) is 9.07 Å². The average Bonchev–Trinajstić information content (AvgIpc) is 2.75. The van der Waals surface area contributed by atoms with Crippen LogP contribution in [0.3, 0.4) is 0 Å². The number of hydrogen-bond acceptors (Lipinski definition) is 3. The number of methoxy groups -OCH3 is 1. The first-order valence-corrected chi connectivity index (χ1v) is 5.58. The summed E-state index contributed by atoms with van der Waals surface area (Å²) in [6.45, 7) is 0. The molecule has 7 heteroatoms. The standard InChI is InChI=1S/C10H8Cl2FN3O/c1-17-8-3-2-7(6(4-11)10(8)13)16-5-9(12)14-15-16/h2-3,5H,4H2,1H3. The van der Waals surface area contributed by atoms with Gasteiger partial charge in [-0.1, -0.05) is 16.8 Å². The Hall–Kier alpha value is -1.33. The highest BCUT2D eigenvalue weighted by Crippen LogP contribution is 2.27. The van der Waals surface area contributed by atoms with Crippen LogP contribution in [0.2, 0.25) is 5.15 Å². The zero-order valence-corrected chi connectivity index (χ0v) is 10.3. The molecule has 0 saturated heterocycles. The van der Waals surface area contributed by atoms with Crippen molar-refractivity contribution in [1.82, 2.24) is 15.0 Å². The number of ether oxygens (including phenoxy) is 1. The monoisotopic (exact) mass is 275 g/mol. The van der Waals surface area contributed by atoms with Gasteiger partial charge in [0.05, 0.1) is 24.9 Å². The van der Waals surface area contributed by atoms with Gasteiger partial charge in [0, 0.05) is 5.56 Å². The quantitative estimate of drug-likeness (QED) is 0.809. The van der Waals surface area contributed by atoms with Gasteiger partial charge in [0.1, 0.15) is 0 Å². The lowest BCUT2D eigenvalue weighted by molar-refractivity contribution is 0.384. The zero-order valence-electron chi connectivity index (χ0n) is 8.82. The van der Waals surface area contributed by atoms with Crippen molar-refractivity contribution in [3.8, 4) is 11.4 Å². The van der Waals surface area contributed by atoms with Crippen LogP contribution in [-0.2, 0) is 5.88 Å². The van der Waals surface area contributed by atoms with Crippen LogP contribution in [0.1, 0.15) is 5.56 Å². The van der Waals surface area contributed by atoms with Gasteiger partial charge in [-0.15, -0.1) is 16.7 Å². The molecule has 0 radical (unpaired) electrons. The van der Waals surface area contributed by atoms with E-state index in [2.05, 4.69) is 10.3 Å². The third kappa shape index (κ3) is 2.21. The Kier molecular flexibility index (Phi) is 3.49. The molecule has 0 amide bonds. The number of nitrogens with zero attached hydrogens (tertiary/aromatic N) is 3. The minimum Gasteiger partial charge on any atom is -0.494 e. The predicted molar refractivity (Wildman–Crippen MR) is 62.4 cm³/mol. The molecule has 0 unspecified atom stereocenters. The van der Waals surface area contributed by atoms with Crippen LogP contribution in [0.4, 0.5) is 4.39 Å². The van der Waals surface area contributed by atoms with Crippen LogP contribution in [0, 0.1) is 5.82 Å². The van der Waals surface area contributed by atoms with Crippen molar-refractivity contribution in [2.24, 2.45) is 0 Å². The largest absolute Gasteiger partial charge is 0.494 e. The molecule has 0 aliphatic rings. The minimum atomic E-state index is -0.508. The van der Waals surface area contributed by atoms with Crippen LogP contribution < -0.4 is 4.74 Å². The molecule has 0 aliphatic heterocycles. The normalized spacial score (nSPS) is 10.6. The fourth-order valence-electron chi connectivity index (χ4n) is 1.45. The second kappa shape index (κ2) is 4.89. The molecule has 0 saturated carbocycles. The average molecular weight is 276 g/mol. The summed E-state index contributed by atoms with van der Waals surface area (Å²) < 4.78 is 20.2. The molecular weight excluding hydrogens is 268 g/mol. The Morgan fingerprint density at radius 2 is 2.24 bits per heavy atom. The van der Waals surface area contributed by atoms with Crippen LogP contribution in [0.25, 0.3) is 5.69 Å². The fourth-order valence-corrected chi connectivity index (χ4v) is 1.83. The Bertz CT molecular complexity index is 544. The maximum Gasteiger partial charge on any atom is 0.171 e. The first kappa shape index (κ1) is 12.1. The van der Waals surface area contributed by atoms with E-state index in [1.165, 1.54) is 24.1 Å². The molecule has 17 heavy (non-hydrogen) atoms. The number of halogens is 3. The molecule has 0 atom stereocenters. The van der Waals surface area contributed by atoms with Gasteiger partial charge in [-0.3, -0.25) is 0 Å². The predicted octanol–water partition coefficient (Wildman–Crippen LogP) is 2.81. The first-order valence-electron chi connectivity index (χ1n) is 4.67. The molecule has 2 rings (SSSR count). The SMILES string of the molecule is COc1ccc(-n2cc(Cl)nn2)c(CCl)c1F. The van der Waals surface area contributed by atoms with E-state index in [1.54, 1.807) is 6.07 Å². The number of aromatic nitrogens is 3. The molecule has 1 aromatic carbocycles.